The van der Waals surface area contributed by atoms with Crippen LogP contribution in [0.5, 0.6) is 0 Å². The first-order valence-corrected chi connectivity index (χ1v) is 8.73. The number of nitrogen functional groups attached to an aromatic ring is 1. The summed E-state index contributed by atoms with van der Waals surface area (Å²) in [6, 6.07) is 10.8. The number of anilines is 1. The monoisotopic (exact) mass is 336 g/mol. The van der Waals surface area contributed by atoms with Crippen LogP contribution in [0.3, 0.4) is 0 Å². The molecule has 0 spiro atoms. The van der Waals surface area contributed by atoms with Gasteiger partial charge in [-0.15, -0.1) is 0 Å². The maximum absolute atomic E-state index is 12.8. The molecule has 0 saturated heterocycles. The van der Waals surface area contributed by atoms with Gasteiger partial charge in [-0.25, -0.2) is 0 Å². The molecular weight excluding hydrogens is 312 g/mol. The number of rotatable bonds is 5. The molecule has 2 aromatic rings. The van der Waals surface area contributed by atoms with E-state index in [1.165, 1.54) is 12.8 Å². The van der Waals surface area contributed by atoms with Gasteiger partial charge in [-0.2, -0.15) is 0 Å². The number of benzene rings is 1. The number of pyridine rings is 1. The number of carbonyl (C=O) groups excluding carboxylic acids is 1. The maximum Gasteiger partial charge on any atom is 0.251 e. The fraction of sp³-hybridized carbons (Fsp3) is 0.350. The molecule has 1 saturated carbocycles. The Labute approximate surface area is 148 Å². The van der Waals surface area contributed by atoms with Crippen molar-refractivity contribution in [2.24, 2.45) is 5.92 Å². The molecule has 5 nitrogen and oxygen atoms in total. The lowest BCUT2D eigenvalue weighted by Gasteiger charge is -2.24. The van der Waals surface area contributed by atoms with Gasteiger partial charge in [0, 0.05) is 28.7 Å². The summed E-state index contributed by atoms with van der Waals surface area (Å²) >= 11 is 0. The lowest BCUT2D eigenvalue weighted by Crippen LogP contribution is -2.33. The van der Waals surface area contributed by atoms with Crippen molar-refractivity contribution in [2.45, 2.75) is 38.6 Å². The van der Waals surface area contributed by atoms with Gasteiger partial charge >= 0.3 is 0 Å². The second-order valence-corrected chi connectivity index (χ2v) is 6.68. The molecule has 1 aliphatic rings. The smallest absolute Gasteiger partial charge is 0.251 e. The highest BCUT2D eigenvalue weighted by Gasteiger charge is 2.29. The van der Waals surface area contributed by atoms with Crippen molar-refractivity contribution < 1.29 is 4.79 Å². The highest BCUT2D eigenvalue weighted by molar-refractivity contribution is 6.04. The van der Waals surface area contributed by atoms with E-state index in [-0.39, 0.29) is 11.9 Å². The van der Waals surface area contributed by atoms with Crippen LogP contribution in [0.15, 0.2) is 42.6 Å². The zero-order valence-electron chi connectivity index (χ0n) is 14.5. The van der Waals surface area contributed by atoms with Crippen molar-refractivity contribution >= 4 is 17.3 Å². The van der Waals surface area contributed by atoms with Crippen LogP contribution < -0.4 is 11.1 Å². The summed E-state index contributed by atoms with van der Waals surface area (Å²) in [4.78, 5) is 17.3. The second kappa shape index (κ2) is 7.47. The molecular formula is C20H24N4O. The van der Waals surface area contributed by atoms with Crippen molar-refractivity contribution in [1.29, 1.82) is 5.41 Å². The molecule has 1 aliphatic carbocycles. The van der Waals surface area contributed by atoms with E-state index >= 15 is 0 Å². The Hall–Kier alpha value is -2.69. The number of nitrogens with one attached hydrogen (secondary N) is 2. The average molecular weight is 336 g/mol. The largest absolute Gasteiger partial charge is 0.398 e. The summed E-state index contributed by atoms with van der Waals surface area (Å²) in [5.41, 5.74) is 8.79. The molecule has 0 bridgehead atoms. The average Bonchev–Trinajstić information content (AvgIpc) is 3.14. The molecule has 130 valence electrons. The minimum absolute atomic E-state index is 0.0849. The van der Waals surface area contributed by atoms with E-state index < -0.39 is 0 Å². The molecule has 1 aromatic carbocycles. The van der Waals surface area contributed by atoms with E-state index in [1.807, 2.05) is 18.2 Å². The first-order valence-electron chi connectivity index (χ1n) is 8.73. The fourth-order valence-electron chi connectivity index (χ4n) is 3.53. The van der Waals surface area contributed by atoms with Crippen molar-refractivity contribution in [1.82, 2.24) is 10.3 Å². The van der Waals surface area contributed by atoms with Gasteiger partial charge in [0.1, 0.15) is 0 Å². The van der Waals surface area contributed by atoms with Gasteiger partial charge in [-0.1, -0.05) is 18.9 Å². The van der Waals surface area contributed by atoms with Gasteiger partial charge in [-0.05, 0) is 56.0 Å². The van der Waals surface area contributed by atoms with Crippen molar-refractivity contribution in [2.75, 3.05) is 5.73 Å². The number of amides is 1. The minimum Gasteiger partial charge on any atom is -0.398 e. The van der Waals surface area contributed by atoms with E-state index in [9.17, 15) is 4.79 Å². The molecule has 1 heterocycles. The molecule has 25 heavy (non-hydrogen) atoms. The molecule has 3 rings (SSSR count). The van der Waals surface area contributed by atoms with Crippen LogP contribution in [0.4, 0.5) is 5.69 Å². The normalized spacial score (nSPS) is 15.7. The van der Waals surface area contributed by atoms with E-state index in [0.717, 1.165) is 18.5 Å². The van der Waals surface area contributed by atoms with Gasteiger partial charge in [0.15, 0.2) is 0 Å². The zero-order valence-corrected chi connectivity index (χ0v) is 14.5. The number of aromatic nitrogens is 1. The quantitative estimate of drug-likeness (QED) is 0.574. The van der Waals surface area contributed by atoms with Crippen molar-refractivity contribution in [3.63, 3.8) is 0 Å². The summed E-state index contributed by atoms with van der Waals surface area (Å²) < 4.78 is 0. The number of carbonyl (C=O) groups is 1. The van der Waals surface area contributed by atoms with Crippen LogP contribution >= 0.6 is 0 Å². The van der Waals surface area contributed by atoms with Crippen LogP contribution in [0.2, 0.25) is 0 Å². The van der Waals surface area contributed by atoms with Crippen molar-refractivity contribution in [3.05, 3.63) is 59.4 Å². The van der Waals surface area contributed by atoms with Crippen LogP contribution in [0.1, 0.15) is 60.3 Å². The lowest BCUT2D eigenvalue weighted by molar-refractivity contribution is 0.0920. The predicted molar refractivity (Wildman–Crippen MR) is 99.8 cm³/mol. The third-order valence-electron chi connectivity index (χ3n) is 4.88. The highest BCUT2D eigenvalue weighted by atomic mass is 16.1. The van der Waals surface area contributed by atoms with Gasteiger partial charge < -0.3 is 16.5 Å². The third-order valence-corrected chi connectivity index (χ3v) is 4.88. The first kappa shape index (κ1) is 17.1. The molecule has 4 N–H and O–H groups in total. The van der Waals surface area contributed by atoms with E-state index in [2.05, 4.69) is 10.3 Å². The fourth-order valence-corrected chi connectivity index (χ4v) is 3.53. The zero-order chi connectivity index (χ0) is 17.8. The Morgan fingerprint density at radius 3 is 2.68 bits per heavy atom. The Bertz CT molecular complexity index is 767. The maximum atomic E-state index is 12.8. The van der Waals surface area contributed by atoms with Crippen LogP contribution in [-0.4, -0.2) is 16.6 Å². The molecule has 0 aliphatic heterocycles. The van der Waals surface area contributed by atoms with E-state index in [4.69, 9.17) is 11.1 Å². The van der Waals surface area contributed by atoms with Crippen LogP contribution in [0, 0.1) is 11.3 Å². The Morgan fingerprint density at radius 1 is 1.28 bits per heavy atom. The molecule has 1 aromatic heterocycles. The molecule has 1 amide bonds. The van der Waals surface area contributed by atoms with Crippen LogP contribution in [0.25, 0.3) is 0 Å². The number of hydrogen-bond donors (Lipinski definition) is 3. The summed E-state index contributed by atoms with van der Waals surface area (Å²) in [6.07, 6.45) is 6.37. The van der Waals surface area contributed by atoms with Gasteiger partial charge in [-0.3, -0.25) is 9.78 Å². The van der Waals surface area contributed by atoms with Crippen LogP contribution in [-0.2, 0) is 0 Å². The lowest BCUT2D eigenvalue weighted by atomic mass is 9.94. The highest BCUT2D eigenvalue weighted by Crippen LogP contribution is 2.35. The number of hydrogen-bond acceptors (Lipinski definition) is 4. The van der Waals surface area contributed by atoms with E-state index in [1.54, 1.807) is 31.3 Å². The molecule has 0 radical (unpaired) electrons. The Morgan fingerprint density at radius 2 is 2.04 bits per heavy atom. The van der Waals surface area contributed by atoms with Gasteiger partial charge in [0.05, 0.1) is 11.7 Å². The Kier molecular flexibility index (Phi) is 5.12. The third kappa shape index (κ3) is 3.87. The predicted octanol–water partition coefficient (Wildman–Crippen LogP) is 3.71. The summed E-state index contributed by atoms with van der Waals surface area (Å²) in [7, 11) is 0. The van der Waals surface area contributed by atoms with E-state index in [0.29, 0.717) is 28.4 Å². The van der Waals surface area contributed by atoms with Gasteiger partial charge in [0.25, 0.3) is 5.91 Å². The second-order valence-electron chi connectivity index (χ2n) is 6.68. The molecule has 1 fully saturated rings. The standard InChI is InChI=1S/C20H24N4O/c1-13(21)16-12-15(9-10-17(16)22)20(25)24-19(14-6-2-3-7-14)18-8-4-5-11-23-18/h4-5,8-12,14,19,21H,2-3,6-7,22H2,1H3,(H,24,25). The molecule has 1 atom stereocenters. The number of nitrogens with zero attached hydrogens (tertiary/aromatic N) is 1. The van der Waals surface area contributed by atoms with Gasteiger partial charge in [0.2, 0.25) is 0 Å². The summed E-state index contributed by atoms with van der Waals surface area (Å²) in [5.74, 6) is 0.265. The first-order chi connectivity index (χ1) is 12.1. The Balaban J connectivity index is 1.85. The topological polar surface area (TPSA) is 91.9 Å². The number of nitrogens with two attached hydrogens (primary N) is 1. The van der Waals surface area contributed by atoms with Crippen molar-refractivity contribution in [3.8, 4) is 0 Å². The SMILES string of the molecule is CC(=N)c1cc(C(=O)NC(c2ccccn2)C2CCCC2)ccc1N. The molecule has 1 unspecified atom stereocenters. The molecule has 5 heteroatoms. The minimum atomic E-state index is -0.148. The summed E-state index contributed by atoms with van der Waals surface area (Å²) in [6.45, 7) is 1.67. The summed E-state index contributed by atoms with van der Waals surface area (Å²) in [5, 5.41) is 11.0.